The van der Waals surface area contributed by atoms with Gasteiger partial charge in [-0.15, -0.1) is 24.2 Å². The van der Waals surface area contributed by atoms with E-state index in [2.05, 4.69) is 22.4 Å². The largest absolute Gasteiger partial charge is 0.339 e. The number of anilines is 1. The number of amides is 1. The third kappa shape index (κ3) is 4.28. The number of para-hydroxylation sites is 1. The van der Waals surface area contributed by atoms with Gasteiger partial charge in [0.15, 0.2) is 5.82 Å². The second-order valence-corrected chi connectivity index (χ2v) is 6.57. The summed E-state index contributed by atoms with van der Waals surface area (Å²) in [6.45, 7) is 2.62. The molecule has 3 rings (SSSR count). The second-order valence-electron chi connectivity index (χ2n) is 5.55. The molecule has 0 fully saturated rings. The molecular weight excluding hydrogens is 348 g/mol. The second kappa shape index (κ2) is 8.50. The number of hydrogen-bond acceptors (Lipinski definition) is 6. The predicted molar refractivity (Wildman–Crippen MR) is 97.0 cm³/mol. The normalized spacial score (nSPS) is 14.9. The van der Waals surface area contributed by atoms with E-state index in [4.69, 9.17) is 4.52 Å². The average Bonchev–Trinajstić information content (AvgIpc) is 3.01. The van der Waals surface area contributed by atoms with Gasteiger partial charge in [-0.2, -0.15) is 4.98 Å². The molecule has 24 heavy (non-hydrogen) atoms. The van der Waals surface area contributed by atoms with Gasteiger partial charge in [0, 0.05) is 30.3 Å². The summed E-state index contributed by atoms with van der Waals surface area (Å²) >= 11 is 1.59. The van der Waals surface area contributed by atoms with Crippen LogP contribution in [-0.4, -0.2) is 41.4 Å². The highest BCUT2D eigenvalue weighted by molar-refractivity contribution is 8.00. The van der Waals surface area contributed by atoms with Crippen LogP contribution in [-0.2, 0) is 17.6 Å². The molecule has 1 aromatic carbocycles. The van der Waals surface area contributed by atoms with Crippen molar-refractivity contribution in [3.63, 3.8) is 0 Å². The van der Waals surface area contributed by atoms with Gasteiger partial charge < -0.3 is 14.7 Å². The molecule has 2 heterocycles. The molecular formula is C16H21ClN4O2S. The van der Waals surface area contributed by atoms with Crippen molar-refractivity contribution in [3.05, 3.63) is 36.0 Å². The Morgan fingerprint density at radius 3 is 3.00 bits per heavy atom. The van der Waals surface area contributed by atoms with Gasteiger partial charge >= 0.3 is 0 Å². The van der Waals surface area contributed by atoms with E-state index < -0.39 is 0 Å². The van der Waals surface area contributed by atoms with E-state index in [-0.39, 0.29) is 18.3 Å². The Bertz CT molecular complexity index is 694. The maximum absolute atomic E-state index is 12.2. The first-order chi connectivity index (χ1) is 11.2. The lowest BCUT2D eigenvalue weighted by molar-refractivity contribution is -0.116. The predicted octanol–water partition coefficient (Wildman–Crippen LogP) is 2.32. The maximum Gasteiger partial charge on any atom is 0.237 e. The van der Waals surface area contributed by atoms with E-state index in [0.29, 0.717) is 36.5 Å². The number of fused-ring (bicyclic) bond motifs is 1. The van der Waals surface area contributed by atoms with Crippen LogP contribution in [0.25, 0.3) is 0 Å². The van der Waals surface area contributed by atoms with Gasteiger partial charge in [0.1, 0.15) is 0 Å². The summed E-state index contributed by atoms with van der Waals surface area (Å²) in [7, 11) is 1.91. The number of nitrogens with zero attached hydrogens (tertiary/aromatic N) is 3. The fourth-order valence-electron chi connectivity index (χ4n) is 2.46. The number of benzene rings is 1. The van der Waals surface area contributed by atoms with Crippen LogP contribution in [0.5, 0.6) is 0 Å². The van der Waals surface area contributed by atoms with Crippen LogP contribution in [0.1, 0.15) is 18.6 Å². The summed E-state index contributed by atoms with van der Waals surface area (Å²) < 4.78 is 5.29. The lowest BCUT2D eigenvalue weighted by atomic mass is 10.2. The highest BCUT2D eigenvalue weighted by Gasteiger charge is 2.24. The Kier molecular flexibility index (Phi) is 6.65. The van der Waals surface area contributed by atoms with Crippen LogP contribution in [0.15, 0.2) is 33.7 Å². The number of carbonyl (C=O) groups is 1. The molecule has 0 radical (unpaired) electrons. The number of nitrogens with one attached hydrogen (secondary N) is 1. The summed E-state index contributed by atoms with van der Waals surface area (Å²) in [5, 5.41) is 7.14. The van der Waals surface area contributed by atoms with Crippen molar-refractivity contribution in [1.82, 2.24) is 15.5 Å². The van der Waals surface area contributed by atoms with Crippen LogP contribution in [0.3, 0.4) is 0 Å². The van der Waals surface area contributed by atoms with Gasteiger partial charge in [0.05, 0.1) is 11.4 Å². The number of hydrogen-bond donors (Lipinski definition) is 1. The first-order valence-electron chi connectivity index (χ1n) is 7.68. The van der Waals surface area contributed by atoms with E-state index in [0.717, 1.165) is 17.0 Å². The topological polar surface area (TPSA) is 71.3 Å². The number of aromatic nitrogens is 2. The van der Waals surface area contributed by atoms with Crippen LogP contribution >= 0.6 is 24.2 Å². The molecule has 1 unspecified atom stereocenters. The van der Waals surface area contributed by atoms with Crippen molar-refractivity contribution in [1.29, 1.82) is 0 Å². The molecule has 1 aliphatic rings. The SMILES string of the molecule is CNC(C)Cc1noc(CCN2C(=O)CSc3ccccc32)n1.Cl. The molecule has 1 N–H and O–H groups in total. The summed E-state index contributed by atoms with van der Waals surface area (Å²) in [6, 6.07) is 8.27. The zero-order valence-electron chi connectivity index (χ0n) is 13.7. The minimum Gasteiger partial charge on any atom is -0.339 e. The highest BCUT2D eigenvalue weighted by Crippen LogP contribution is 2.34. The molecule has 0 saturated carbocycles. The van der Waals surface area contributed by atoms with E-state index in [9.17, 15) is 4.79 Å². The number of rotatable bonds is 6. The highest BCUT2D eigenvalue weighted by atomic mass is 35.5. The Morgan fingerprint density at radius 2 is 2.21 bits per heavy atom. The molecule has 0 bridgehead atoms. The minimum absolute atomic E-state index is 0. The van der Waals surface area contributed by atoms with E-state index in [1.54, 1.807) is 11.8 Å². The first-order valence-corrected chi connectivity index (χ1v) is 8.67. The summed E-state index contributed by atoms with van der Waals surface area (Å²) in [5.74, 6) is 1.87. The van der Waals surface area contributed by atoms with Crippen molar-refractivity contribution in [2.24, 2.45) is 0 Å². The molecule has 1 aliphatic heterocycles. The summed E-state index contributed by atoms with van der Waals surface area (Å²) in [5.41, 5.74) is 0.970. The molecule has 0 aliphatic carbocycles. The molecule has 2 aromatic rings. The molecule has 0 spiro atoms. The Balaban J connectivity index is 0.00000208. The Hall–Kier alpha value is -1.57. The molecule has 6 nitrogen and oxygen atoms in total. The van der Waals surface area contributed by atoms with Gasteiger partial charge in [0.2, 0.25) is 11.8 Å². The molecule has 1 amide bonds. The average molecular weight is 369 g/mol. The zero-order chi connectivity index (χ0) is 16.2. The molecule has 0 saturated heterocycles. The third-order valence-electron chi connectivity index (χ3n) is 3.85. The molecule has 1 aromatic heterocycles. The maximum atomic E-state index is 12.2. The fraction of sp³-hybridized carbons (Fsp3) is 0.438. The van der Waals surface area contributed by atoms with Gasteiger partial charge in [-0.3, -0.25) is 4.79 Å². The van der Waals surface area contributed by atoms with Gasteiger partial charge in [0.25, 0.3) is 0 Å². The number of thioether (sulfide) groups is 1. The van der Waals surface area contributed by atoms with Crippen LogP contribution in [0.4, 0.5) is 5.69 Å². The van der Waals surface area contributed by atoms with Crippen molar-refractivity contribution in [2.45, 2.75) is 30.7 Å². The van der Waals surface area contributed by atoms with Crippen molar-refractivity contribution in [2.75, 3.05) is 24.2 Å². The van der Waals surface area contributed by atoms with Gasteiger partial charge in [-0.1, -0.05) is 17.3 Å². The molecule has 1 atom stereocenters. The fourth-order valence-corrected chi connectivity index (χ4v) is 3.39. The first kappa shape index (κ1) is 18.8. The van der Waals surface area contributed by atoms with Gasteiger partial charge in [-0.05, 0) is 26.1 Å². The quantitative estimate of drug-likeness (QED) is 0.843. The van der Waals surface area contributed by atoms with E-state index in [1.807, 2.05) is 36.2 Å². The monoisotopic (exact) mass is 368 g/mol. The van der Waals surface area contributed by atoms with E-state index in [1.165, 1.54) is 0 Å². The van der Waals surface area contributed by atoms with E-state index >= 15 is 0 Å². The molecule has 130 valence electrons. The molecule has 8 heteroatoms. The van der Waals surface area contributed by atoms with Crippen molar-refractivity contribution < 1.29 is 9.32 Å². The standard InChI is InChI=1S/C16H20N4O2S.ClH/c1-11(17-2)9-14-18-15(22-19-14)7-8-20-12-5-3-4-6-13(12)23-10-16(20)21;/h3-6,11,17H,7-10H2,1-2H3;1H. The third-order valence-corrected chi connectivity index (χ3v) is 4.90. The lowest BCUT2D eigenvalue weighted by Gasteiger charge is -2.28. The summed E-state index contributed by atoms with van der Waals surface area (Å²) in [4.78, 5) is 19.6. The number of likely N-dealkylation sites (N-methyl/N-ethyl adjacent to an activating group) is 1. The minimum atomic E-state index is 0. The van der Waals surface area contributed by atoms with Crippen molar-refractivity contribution >= 4 is 35.8 Å². The van der Waals surface area contributed by atoms with Crippen LogP contribution < -0.4 is 10.2 Å². The lowest BCUT2D eigenvalue weighted by Crippen LogP contribution is -2.36. The van der Waals surface area contributed by atoms with Crippen molar-refractivity contribution in [3.8, 4) is 0 Å². The zero-order valence-corrected chi connectivity index (χ0v) is 15.3. The Morgan fingerprint density at radius 1 is 1.42 bits per heavy atom. The number of carbonyl (C=O) groups excluding carboxylic acids is 1. The summed E-state index contributed by atoms with van der Waals surface area (Å²) in [6.07, 6.45) is 1.29. The van der Waals surface area contributed by atoms with Crippen LogP contribution in [0.2, 0.25) is 0 Å². The van der Waals surface area contributed by atoms with Crippen LogP contribution in [0, 0.1) is 0 Å². The smallest absolute Gasteiger partial charge is 0.237 e. The van der Waals surface area contributed by atoms with Gasteiger partial charge in [-0.25, -0.2) is 0 Å². The Labute approximate surface area is 151 Å². The number of halogens is 1.